The van der Waals surface area contributed by atoms with E-state index >= 15 is 0 Å². The second-order valence-corrected chi connectivity index (χ2v) is 4.44. The molecule has 0 aromatic heterocycles. The van der Waals surface area contributed by atoms with Crippen LogP contribution in [0.3, 0.4) is 0 Å². The first-order chi connectivity index (χ1) is 5.74. The molecule has 69 valence electrons. The third kappa shape index (κ3) is 2.51. The Kier molecular flexibility index (Phi) is 3.59. The molecule has 1 aromatic carbocycles. The summed E-state index contributed by atoms with van der Waals surface area (Å²) >= 11 is -1.37. The van der Waals surface area contributed by atoms with Crippen LogP contribution in [0, 0.1) is 6.92 Å². The van der Waals surface area contributed by atoms with E-state index in [0.717, 1.165) is 10.1 Å². The van der Waals surface area contributed by atoms with Crippen molar-refractivity contribution in [3.05, 3.63) is 29.8 Å². The summed E-state index contributed by atoms with van der Waals surface area (Å²) in [6.45, 7) is 1.98. The summed E-state index contributed by atoms with van der Waals surface area (Å²) in [5.41, 5.74) is 1.16. The molecule has 1 N–H and O–H groups in total. The van der Waals surface area contributed by atoms with E-state index in [1.807, 2.05) is 31.2 Å². The topological polar surface area (TPSA) is 37.3 Å². The predicted octanol–water partition coefficient (Wildman–Crippen LogP) is 0.995. The molecule has 0 fully saturated rings. The summed E-state index contributed by atoms with van der Waals surface area (Å²) in [7, 11) is 0. The van der Waals surface area contributed by atoms with Gasteiger partial charge in [0.15, 0.2) is 0 Å². The van der Waals surface area contributed by atoms with E-state index in [9.17, 15) is 3.87 Å². The molecule has 0 aliphatic heterocycles. The Bertz CT molecular complexity index is 266. The molecule has 0 radical (unpaired) electrons. The summed E-state index contributed by atoms with van der Waals surface area (Å²) in [6.07, 6.45) is 0. The molecule has 1 aromatic rings. The van der Waals surface area contributed by atoms with Crippen LogP contribution in [0.1, 0.15) is 5.56 Å². The monoisotopic (exact) mass is 211 g/mol. The van der Waals surface area contributed by atoms with Crippen LogP contribution in [0.5, 0.6) is 0 Å². The molecule has 2 nitrogen and oxygen atoms in total. The molecule has 0 unspecified atom stereocenters. The van der Waals surface area contributed by atoms with Crippen molar-refractivity contribution < 1.29 is 22.6 Å². The summed E-state index contributed by atoms with van der Waals surface area (Å²) in [5.74, 6) is 0. The van der Waals surface area contributed by atoms with E-state index in [2.05, 4.69) is 0 Å². The molecular weight excluding hydrogens is 199 g/mol. The van der Waals surface area contributed by atoms with Gasteiger partial charge in [0.25, 0.3) is 0 Å². The van der Waals surface area contributed by atoms with Gasteiger partial charge >= 0.3 is 75.8 Å². The molecule has 0 aliphatic rings. The quantitative estimate of drug-likeness (QED) is 0.809. The van der Waals surface area contributed by atoms with Gasteiger partial charge in [0.2, 0.25) is 0 Å². The maximum absolute atomic E-state index is 11.3. The van der Waals surface area contributed by atoms with Crippen LogP contribution in [0.4, 0.5) is 0 Å². The number of aliphatic hydroxyl groups is 1. The normalized spacial score (nSPS) is 11.3. The van der Waals surface area contributed by atoms with Crippen molar-refractivity contribution in [2.45, 2.75) is 12.3 Å². The Labute approximate surface area is 76.2 Å². The summed E-state index contributed by atoms with van der Waals surface area (Å²) in [6, 6.07) is 7.56. The molecule has 0 atom stereocenters. The maximum atomic E-state index is 11.3. The van der Waals surface area contributed by atoms with Crippen molar-refractivity contribution in [2.24, 2.45) is 0 Å². The Morgan fingerprint density at radius 3 is 2.42 bits per heavy atom. The summed E-state index contributed by atoms with van der Waals surface area (Å²) in [5, 5.41) is 8.93. The first kappa shape index (κ1) is 9.57. The Balaban J connectivity index is 2.75. The van der Waals surface area contributed by atoms with Gasteiger partial charge in [-0.1, -0.05) is 0 Å². The minimum atomic E-state index is -1.37. The van der Waals surface area contributed by atoms with Crippen LogP contribution < -0.4 is 4.50 Å². The average Bonchev–Trinajstić information content (AvgIpc) is 2.06. The van der Waals surface area contributed by atoms with Crippen molar-refractivity contribution >= 4 is 4.50 Å². The van der Waals surface area contributed by atoms with E-state index in [1.165, 1.54) is 0 Å². The standard InChI is InChI=1S/C7H7.C2H5O.Co.O/c1-7-5-3-2-4-6-7;1-2-3;;/h3-6H,1H3;3H,1-2H2;;. The average molecular weight is 211 g/mol. The number of benzene rings is 1. The summed E-state index contributed by atoms with van der Waals surface area (Å²) < 4.78 is 12.2. The molecule has 0 saturated heterocycles. The van der Waals surface area contributed by atoms with E-state index in [1.54, 1.807) is 0 Å². The number of aryl methyl sites for hydroxylation is 1. The van der Waals surface area contributed by atoms with Gasteiger partial charge in [0.05, 0.1) is 0 Å². The minimum absolute atomic E-state index is 0.0119. The van der Waals surface area contributed by atoms with Crippen LogP contribution in [0.2, 0.25) is 5.36 Å². The predicted molar refractivity (Wildman–Crippen MR) is 43.4 cm³/mol. The Morgan fingerprint density at radius 1 is 1.33 bits per heavy atom. The fourth-order valence-electron chi connectivity index (χ4n) is 0.814. The fraction of sp³-hybridized carbons (Fsp3) is 0.333. The van der Waals surface area contributed by atoms with Gasteiger partial charge in [-0.2, -0.15) is 0 Å². The molecule has 1 rings (SSSR count). The Hall–Kier alpha value is -0.514. The first-order valence-corrected chi connectivity index (χ1v) is 5.36. The van der Waals surface area contributed by atoms with Gasteiger partial charge < -0.3 is 0 Å². The van der Waals surface area contributed by atoms with Crippen molar-refractivity contribution in [2.75, 3.05) is 6.61 Å². The van der Waals surface area contributed by atoms with Crippen LogP contribution in [-0.4, -0.2) is 11.7 Å². The van der Waals surface area contributed by atoms with Gasteiger partial charge in [0.1, 0.15) is 0 Å². The molecule has 12 heavy (non-hydrogen) atoms. The molecule has 0 saturated carbocycles. The molecule has 0 heterocycles. The van der Waals surface area contributed by atoms with Gasteiger partial charge in [0, 0.05) is 0 Å². The zero-order valence-corrected chi connectivity index (χ0v) is 7.95. The SMILES string of the molecule is Cc1cc[c]([Co](=[O])[CH2]CO)cc1. The number of hydrogen-bond acceptors (Lipinski definition) is 2. The van der Waals surface area contributed by atoms with Gasteiger partial charge in [-0.15, -0.1) is 0 Å². The Morgan fingerprint density at radius 2 is 1.92 bits per heavy atom. The van der Waals surface area contributed by atoms with Crippen LogP contribution >= 0.6 is 0 Å². The van der Waals surface area contributed by atoms with Crippen molar-refractivity contribution in [1.82, 2.24) is 0 Å². The molecule has 0 aliphatic carbocycles. The van der Waals surface area contributed by atoms with Crippen LogP contribution in [0.25, 0.3) is 0 Å². The second kappa shape index (κ2) is 4.50. The summed E-state index contributed by atoms with van der Waals surface area (Å²) in [4.78, 5) is 0. The second-order valence-electron chi connectivity index (χ2n) is 2.44. The molecule has 3 heteroatoms. The molecule has 0 bridgehead atoms. The molecule has 0 spiro atoms. The number of hydrogen-bond donors (Lipinski definition) is 1. The third-order valence-corrected chi connectivity index (χ3v) is 3.16. The van der Waals surface area contributed by atoms with Gasteiger partial charge in [-0.05, 0) is 0 Å². The van der Waals surface area contributed by atoms with Crippen molar-refractivity contribution in [3.8, 4) is 0 Å². The third-order valence-electron chi connectivity index (χ3n) is 1.44. The molecular formula is C9H12CoO2. The van der Waals surface area contributed by atoms with E-state index in [4.69, 9.17) is 5.11 Å². The zero-order valence-electron chi connectivity index (χ0n) is 6.91. The van der Waals surface area contributed by atoms with E-state index in [0.29, 0.717) is 5.36 Å². The zero-order chi connectivity index (χ0) is 8.97. The van der Waals surface area contributed by atoms with Crippen molar-refractivity contribution in [3.63, 3.8) is 0 Å². The molecule has 0 amide bonds. The van der Waals surface area contributed by atoms with Crippen molar-refractivity contribution in [1.29, 1.82) is 0 Å². The van der Waals surface area contributed by atoms with Gasteiger partial charge in [-0.25, -0.2) is 0 Å². The van der Waals surface area contributed by atoms with Gasteiger partial charge in [-0.3, -0.25) is 0 Å². The van der Waals surface area contributed by atoms with Crippen LogP contribution in [0.15, 0.2) is 24.3 Å². The first-order valence-electron chi connectivity index (χ1n) is 3.68. The van der Waals surface area contributed by atoms with E-state index in [-0.39, 0.29) is 6.61 Å². The van der Waals surface area contributed by atoms with Crippen LogP contribution in [-0.2, 0) is 17.5 Å². The fourth-order valence-corrected chi connectivity index (χ4v) is 1.89. The number of aliphatic hydroxyl groups excluding tert-OH is 1. The van der Waals surface area contributed by atoms with E-state index < -0.39 is 13.6 Å². The number of rotatable bonds is 3.